The fourth-order valence-corrected chi connectivity index (χ4v) is 6.83. The number of carbonyl (C=O) groups excluding carboxylic acids is 1. The number of aromatic nitrogens is 3. The predicted molar refractivity (Wildman–Crippen MR) is 170 cm³/mol. The fourth-order valence-electron chi connectivity index (χ4n) is 5.75. The normalized spacial score (nSPS) is 14.4. The molecule has 7 rings (SSSR count). The van der Waals surface area contributed by atoms with E-state index in [0.29, 0.717) is 30.0 Å². The summed E-state index contributed by atoms with van der Waals surface area (Å²) in [5, 5.41) is 1.55. The Morgan fingerprint density at radius 2 is 1.70 bits per heavy atom. The molecule has 2 aromatic carbocycles. The molecule has 0 atom stereocenters. The predicted octanol–water partition coefficient (Wildman–Crippen LogP) is 5.25. The molecule has 222 valence electrons. The summed E-state index contributed by atoms with van der Waals surface area (Å²) in [6.07, 6.45) is 6.66. The van der Waals surface area contributed by atoms with Gasteiger partial charge in [-0.25, -0.2) is 4.98 Å². The third-order valence-corrected chi connectivity index (χ3v) is 9.95. The highest BCUT2D eigenvalue weighted by Gasteiger charge is 2.26. The minimum Gasteiger partial charge on any atom is -0.451 e. The zero-order valence-electron chi connectivity index (χ0n) is 24.3. The van der Waals surface area contributed by atoms with Gasteiger partial charge >= 0.3 is 0 Å². The molecule has 44 heavy (non-hydrogen) atoms. The van der Waals surface area contributed by atoms with Gasteiger partial charge in [0.1, 0.15) is 5.65 Å². The van der Waals surface area contributed by atoms with Crippen molar-refractivity contribution in [2.75, 3.05) is 44.6 Å². The minimum atomic E-state index is -3.89. The van der Waals surface area contributed by atoms with Crippen molar-refractivity contribution in [2.45, 2.75) is 5.09 Å². The summed E-state index contributed by atoms with van der Waals surface area (Å²) in [5.41, 5.74) is 6.27. The van der Waals surface area contributed by atoms with Crippen LogP contribution in [0.25, 0.3) is 44.2 Å². The number of hydrogen-bond donors (Lipinski definition) is 1. The lowest BCUT2D eigenvalue weighted by atomic mass is 9.92. The number of piperazine rings is 1. The van der Waals surface area contributed by atoms with Crippen LogP contribution in [-0.4, -0.2) is 79.4 Å². The maximum Gasteiger partial charge on any atom is 0.297 e. The smallest absolute Gasteiger partial charge is 0.297 e. The Morgan fingerprint density at radius 3 is 2.41 bits per heavy atom. The monoisotopic (exact) mass is 606 g/mol. The third kappa shape index (κ3) is 4.80. The number of sulfonamides is 1. The maximum absolute atomic E-state index is 13.2. The number of anilines is 1. The topological polar surface area (TPSA) is 116 Å². The zero-order valence-corrected chi connectivity index (χ0v) is 25.1. The summed E-state index contributed by atoms with van der Waals surface area (Å²) in [7, 11) is -0.317. The molecule has 5 heterocycles. The van der Waals surface area contributed by atoms with E-state index in [1.54, 1.807) is 24.5 Å². The summed E-state index contributed by atoms with van der Waals surface area (Å²) >= 11 is 0. The second-order valence-corrected chi connectivity index (χ2v) is 12.8. The number of hydrogen-bond acceptors (Lipinski definition) is 7. The molecule has 0 aliphatic carbocycles. The average molecular weight is 607 g/mol. The molecule has 0 unspecified atom stereocenters. The molecule has 0 bridgehead atoms. The van der Waals surface area contributed by atoms with Crippen molar-refractivity contribution in [1.29, 1.82) is 0 Å². The quantitative estimate of drug-likeness (QED) is 0.275. The zero-order chi connectivity index (χ0) is 30.4. The first kappa shape index (κ1) is 27.8. The van der Waals surface area contributed by atoms with E-state index in [2.05, 4.69) is 21.9 Å². The van der Waals surface area contributed by atoms with Crippen molar-refractivity contribution < 1.29 is 17.6 Å². The number of pyridine rings is 2. The van der Waals surface area contributed by atoms with Crippen LogP contribution in [0.15, 0.2) is 101 Å². The van der Waals surface area contributed by atoms with Gasteiger partial charge in [0.15, 0.2) is 0 Å². The standard InChI is InChI=1S/C33H30N6O4S/c1-37-15-17-39(18-16-37)33(40)24-7-5-22(6-8-24)27-21-35-32-31(30(27)23-11-13-34-14-12-23)26-20-25(9-10-28(26)36-32)38(2)44(41,42)29-4-3-19-43-29/h3-14,19-21H,15-18H2,1-2H3,(H,35,36). The van der Waals surface area contributed by atoms with E-state index in [1.165, 1.54) is 23.7 Å². The van der Waals surface area contributed by atoms with Crippen LogP contribution >= 0.6 is 0 Å². The first-order chi connectivity index (χ1) is 21.3. The van der Waals surface area contributed by atoms with E-state index in [9.17, 15) is 13.2 Å². The number of likely N-dealkylation sites (N-methyl/N-ethyl adjacent to an activating group) is 1. The summed E-state index contributed by atoms with van der Waals surface area (Å²) in [5.74, 6) is 0.0327. The van der Waals surface area contributed by atoms with Gasteiger partial charge in [-0.05, 0) is 72.8 Å². The van der Waals surface area contributed by atoms with Crippen LogP contribution in [0.3, 0.4) is 0 Å². The Hall–Kier alpha value is -5.00. The highest BCUT2D eigenvalue weighted by Crippen LogP contribution is 2.41. The molecular formula is C33H30N6O4S. The second kappa shape index (κ2) is 10.9. The molecule has 1 aliphatic heterocycles. The van der Waals surface area contributed by atoms with Crippen molar-refractivity contribution >= 4 is 43.6 Å². The number of furan rings is 1. The molecule has 10 nitrogen and oxygen atoms in total. The van der Waals surface area contributed by atoms with Gasteiger partial charge in [-0.15, -0.1) is 0 Å². The van der Waals surface area contributed by atoms with Crippen molar-refractivity contribution in [2.24, 2.45) is 0 Å². The van der Waals surface area contributed by atoms with Gasteiger partial charge in [0.25, 0.3) is 15.9 Å². The van der Waals surface area contributed by atoms with Crippen LogP contribution in [0.4, 0.5) is 5.69 Å². The number of aromatic amines is 1. The number of rotatable bonds is 6. The van der Waals surface area contributed by atoms with E-state index in [1.807, 2.05) is 59.6 Å². The molecule has 6 aromatic rings. The van der Waals surface area contributed by atoms with Crippen LogP contribution in [-0.2, 0) is 10.0 Å². The van der Waals surface area contributed by atoms with Crippen molar-refractivity contribution in [3.8, 4) is 22.3 Å². The van der Waals surface area contributed by atoms with E-state index in [-0.39, 0.29) is 11.0 Å². The van der Waals surface area contributed by atoms with Crippen molar-refractivity contribution in [1.82, 2.24) is 24.8 Å². The minimum absolute atomic E-state index is 0.0327. The van der Waals surface area contributed by atoms with Gasteiger partial charge in [0.05, 0.1) is 12.0 Å². The summed E-state index contributed by atoms with van der Waals surface area (Å²) < 4.78 is 32.9. The van der Waals surface area contributed by atoms with Crippen molar-refractivity contribution in [3.05, 3.63) is 97.1 Å². The maximum atomic E-state index is 13.2. The Labute approximate surface area is 254 Å². The van der Waals surface area contributed by atoms with E-state index in [4.69, 9.17) is 9.40 Å². The van der Waals surface area contributed by atoms with Gasteiger partial charge in [0.2, 0.25) is 5.09 Å². The highest BCUT2D eigenvalue weighted by molar-refractivity contribution is 7.92. The van der Waals surface area contributed by atoms with Gasteiger partial charge in [-0.2, -0.15) is 8.42 Å². The Bertz CT molecular complexity index is 2080. The van der Waals surface area contributed by atoms with E-state index in [0.717, 1.165) is 51.6 Å². The second-order valence-electron chi connectivity index (χ2n) is 10.9. The van der Waals surface area contributed by atoms with E-state index < -0.39 is 10.0 Å². The molecule has 0 saturated carbocycles. The lowest BCUT2D eigenvalue weighted by Crippen LogP contribution is -2.47. The summed E-state index contributed by atoms with van der Waals surface area (Å²) in [6.45, 7) is 3.15. The highest BCUT2D eigenvalue weighted by atomic mass is 32.2. The molecule has 11 heteroatoms. The Kier molecular flexibility index (Phi) is 6.91. The SMILES string of the molecule is CN1CCN(C(=O)c2ccc(-c3cnc4[nH]c5ccc(N(C)S(=O)(=O)c6ccco6)cc5c4c3-c3ccncc3)cc2)CC1. The molecule has 1 fully saturated rings. The molecule has 4 aromatic heterocycles. The van der Waals surface area contributed by atoms with E-state index >= 15 is 0 Å². The van der Waals surface area contributed by atoms with Gasteiger partial charge in [-0.1, -0.05) is 12.1 Å². The fraction of sp³-hybridized carbons (Fsp3) is 0.182. The number of fused-ring (bicyclic) bond motifs is 3. The van der Waals surface area contributed by atoms with Crippen LogP contribution < -0.4 is 4.31 Å². The van der Waals surface area contributed by atoms with Crippen LogP contribution in [0.5, 0.6) is 0 Å². The molecule has 1 aliphatic rings. The first-order valence-electron chi connectivity index (χ1n) is 14.3. The number of nitrogens with one attached hydrogen (secondary N) is 1. The van der Waals surface area contributed by atoms with Crippen LogP contribution in [0, 0.1) is 0 Å². The Morgan fingerprint density at radius 1 is 0.955 bits per heavy atom. The molecule has 0 spiro atoms. The summed E-state index contributed by atoms with van der Waals surface area (Å²) in [6, 6.07) is 20.0. The number of amides is 1. The van der Waals surface area contributed by atoms with Crippen LogP contribution in [0.2, 0.25) is 0 Å². The molecular weight excluding hydrogens is 576 g/mol. The molecule has 0 radical (unpaired) electrons. The largest absolute Gasteiger partial charge is 0.451 e. The van der Waals surface area contributed by atoms with Gasteiger partial charge in [-0.3, -0.25) is 14.1 Å². The number of nitrogens with zero attached hydrogens (tertiary/aromatic N) is 5. The van der Waals surface area contributed by atoms with Gasteiger partial charge < -0.3 is 19.2 Å². The average Bonchev–Trinajstić information content (AvgIpc) is 3.73. The molecule has 1 amide bonds. The lowest BCUT2D eigenvalue weighted by Gasteiger charge is -2.32. The van der Waals surface area contributed by atoms with Crippen LogP contribution in [0.1, 0.15) is 10.4 Å². The summed E-state index contributed by atoms with van der Waals surface area (Å²) in [4.78, 5) is 29.7. The number of carbonyl (C=O) groups is 1. The Balaban J connectivity index is 1.35. The van der Waals surface area contributed by atoms with Gasteiger partial charge in [0, 0.05) is 84.8 Å². The third-order valence-electron chi connectivity index (χ3n) is 8.28. The molecule has 1 saturated heterocycles. The first-order valence-corrected chi connectivity index (χ1v) is 15.7. The number of benzene rings is 2. The lowest BCUT2D eigenvalue weighted by molar-refractivity contribution is 0.0664. The molecule has 1 N–H and O–H groups in total. The number of H-pyrrole nitrogens is 1. The van der Waals surface area contributed by atoms with Crippen molar-refractivity contribution in [3.63, 3.8) is 0 Å².